The topological polar surface area (TPSA) is 38.1 Å². The molecule has 1 atom stereocenters. The molecule has 0 N–H and O–H groups in total. The standard InChI is InChI=1S/C21H21N3OS/c1-15-4-6-16(7-5-15)19(25)23-10-8-21(14-23)9-11-24-17(13-22-20(21)24)18-3-2-12-26-18/h2-7,12-13H,8-11,14H2,1H3/t21-/m1/s1. The van der Waals surface area contributed by atoms with Gasteiger partial charge in [0.15, 0.2) is 0 Å². The molecule has 0 aliphatic carbocycles. The Labute approximate surface area is 157 Å². The number of carbonyl (C=O) groups excluding carboxylic acids is 1. The molecule has 0 bridgehead atoms. The van der Waals surface area contributed by atoms with E-state index in [4.69, 9.17) is 4.98 Å². The van der Waals surface area contributed by atoms with Gasteiger partial charge < -0.3 is 9.47 Å². The minimum atomic E-state index is 0.0237. The Morgan fingerprint density at radius 2 is 1.96 bits per heavy atom. The summed E-state index contributed by atoms with van der Waals surface area (Å²) in [5.41, 5.74) is 3.21. The van der Waals surface area contributed by atoms with Crippen molar-refractivity contribution in [2.75, 3.05) is 13.1 Å². The van der Waals surface area contributed by atoms with E-state index in [1.165, 1.54) is 22.0 Å². The number of hydrogen-bond acceptors (Lipinski definition) is 3. The van der Waals surface area contributed by atoms with Crippen LogP contribution in [0.15, 0.2) is 48.0 Å². The summed E-state index contributed by atoms with van der Waals surface area (Å²) in [5.74, 6) is 1.31. The van der Waals surface area contributed by atoms with Crippen molar-refractivity contribution in [3.05, 3.63) is 64.9 Å². The maximum atomic E-state index is 12.9. The van der Waals surface area contributed by atoms with Crippen LogP contribution in [0.4, 0.5) is 0 Å². The number of rotatable bonds is 2. The highest BCUT2D eigenvalue weighted by molar-refractivity contribution is 7.13. The van der Waals surface area contributed by atoms with Crippen molar-refractivity contribution in [3.8, 4) is 10.6 Å². The third-order valence-corrected chi connectivity index (χ3v) is 6.75. The molecule has 1 amide bonds. The lowest BCUT2D eigenvalue weighted by Gasteiger charge is -2.22. The fourth-order valence-corrected chi connectivity index (χ4v) is 5.14. The highest BCUT2D eigenvalue weighted by Gasteiger charge is 2.47. The monoisotopic (exact) mass is 363 g/mol. The molecule has 1 aromatic carbocycles. The summed E-state index contributed by atoms with van der Waals surface area (Å²) in [6.07, 6.45) is 4.09. The predicted octanol–water partition coefficient (Wildman–Crippen LogP) is 4.11. The van der Waals surface area contributed by atoms with Crippen molar-refractivity contribution < 1.29 is 4.79 Å². The molecule has 5 rings (SSSR count). The Bertz CT molecular complexity index is 958. The Morgan fingerprint density at radius 3 is 2.73 bits per heavy atom. The molecular formula is C21H21N3OS. The average molecular weight is 363 g/mol. The fourth-order valence-electron chi connectivity index (χ4n) is 4.39. The highest BCUT2D eigenvalue weighted by atomic mass is 32.1. The molecule has 3 aromatic rings. The van der Waals surface area contributed by atoms with Crippen LogP contribution in [0.25, 0.3) is 10.6 Å². The van der Waals surface area contributed by atoms with Crippen LogP contribution in [-0.2, 0) is 12.0 Å². The zero-order chi connectivity index (χ0) is 17.7. The van der Waals surface area contributed by atoms with Crippen molar-refractivity contribution in [2.24, 2.45) is 0 Å². The van der Waals surface area contributed by atoms with Crippen molar-refractivity contribution in [3.63, 3.8) is 0 Å². The van der Waals surface area contributed by atoms with Crippen LogP contribution in [0, 0.1) is 6.92 Å². The Morgan fingerprint density at radius 1 is 1.15 bits per heavy atom. The summed E-state index contributed by atoms with van der Waals surface area (Å²) in [4.78, 5) is 21.0. The van der Waals surface area contributed by atoms with E-state index < -0.39 is 0 Å². The van der Waals surface area contributed by atoms with Crippen LogP contribution in [0.1, 0.15) is 34.6 Å². The van der Waals surface area contributed by atoms with Crippen LogP contribution in [0.2, 0.25) is 0 Å². The van der Waals surface area contributed by atoms with Gasteiger partial charge in [0.05, 0.1) is 16.8 Å². The molecule has 2 aliphatic rings. The third kappa shape index (κ3) is 2.34. The van der Waals surface area contributed by atoms with Crippen LogP contribution in [-0.4, -0.2) is 33.4 Å². The van der Waals surface area contributed by atoms with Crippen LogP contribution in [0.5, 0.6) is 0 Å². The van der Waals surface area contributed by atoms with Crippen molar-refractivity contribution >= 4 is 17.2 Å². The Balaban J connectivity index is 1.42. The van der Waals surface area contributed by atoms with Gasteiger partial charge in [0.1, 0.15) is 5.82 Å². The van der Waals surface area contributed by atoms with E-state index in [9.17, 15) is 4.79 Å². The first-order valence-corrected chi connectivity index (χ1v) is 10.0. The van der Waals surface area contributed by atoms with Gasteiger partial charge in [-0.3, -0.25) is 4.79 Å². The van der Waals surface area contributed by atoms with Gasteiger partial charge in [0.25, 0.3) is 5.91 Å². The van der Waals surface area contributed by atoms with Gasteiger partial charge in [-0.1, -0.05) is 23.8 Å². The maximum absolute atomic E-state index is 12.9. The molecule has 0 unspecified atom stereocenters. The summed E-state index contributed by atoms with van der Waals surface area (Å²) < 4.78 is 2.37. The largest absolute Gasteiger partial charge is 0.338 e. The van der Waals surface area contributed by atoms with Crippen LogP contribution >= 0.6 is 11.3 Å². The zero-order valence-corrected chi connectivity index (χ0v) is 15.6. The second kappa shape index (κ2) is 5.81. The van der Waals surface area contributed by atoms with Crippen molar-refractivity contribution in [2.45, 2.75) is 31.7 Å². The Hall–Kier alpha value is -2.40. The second-order valence-corrected chi connectivity index (χ2v) is 8.42. The van der Waals surface area contributed by atoms with E-state index in [2.05, 4.69) is 22.1 Å². The van der Waals surface area contributed by atoms with Crippen LogP contribution < -0.4 is 0 Å². The van der Waals surface area contributed by atoms with Crippen LogP contribution in [0.3, 0.4) is 0 Å². The lowest BCUT2D eigenvalue weighted by Crippen LogP contribution is -2.33. The second-order valence-electron chi connectivity index (χ2n) is 7.47. The number of likely N-dealkylation sites (tertiary alicyclic amines) is 1. The zero-order valence-electron chi connectivity index (χ0n) is 14.8. The van der Waals surface area contributed by atoms with Gasteiger partial charge in [-0.2, -0.15) is 0 Å². The van der Waals surface area contributed by atoms with E-state index in [1.54, 1.807) is 11.3 Å². The predicted molar refractivity (Wildman–Crippen MR) is 104 cm³/mol. The molecule has 1 fully saturated rings. The number of aromatic nitrogens is 2. The first kappa shape index (κ1) is 15.8. The van der Waals surface area contributed by atoms with E-state index in [0.717, 1.165) is 38.0 Å². The molecule has 2 aromatic heterocycles. The molecule has 132 valence electrons. The summed E-state index contributed by atoms with van der Waals surface area (Å²) >= 11 is 1.76. The molecular weight excluding hydrogens is 342 g/mol. The maximum Gasteiger partial charge on any atom is 0.253 e. The quantitative estimate of drug-likeness (QED) is 0.687. The van der Waals surface area contributed by atoms with Crippen molar-refractivity contribution in [1.29, 1.82) is 0 Å². The molecule has 5 heteroatoms. The summed E-state index contributed by atoms with van der Waals surface area (Å²) in [6.45, 7) is 4.63. The van der Waals surface area contributed by atoms with Gasteiger partial charge in [-0.15, -0.1) is 11.3 Å². The lowest BCUT2D eigenvalue weighted by molar-refractivity contribution is 0.0783. The first-order valence-electron chi connectivity index (χ1n) is 9.12. The highest BCUT2D eigenvalue weighted by Crippen LogP contribution is 2.44. The van der Waals surface area contributed by atoms with Gasteiger partial charge in [-0.05, 0) is 43.3 Å². The average Bonchev–Trinajstić information content (AvgIpc) is 3.42. The number of fused-ring (bicyclic) bond motifs is 2. The number of aryl methyl sites for hydroxylation is 1. The molecule has 0 saturated carbocycles. The SMILES string of the molecule is Cc1ccc(C(=O)N2CC[C@@]3(CCn4c(-c5cccs5)cnc43)C2)cc1. The van der Waals surface area contributed by atoms with E-state index >= 15 is 0 Å². The summed E-state index contributed by atoms with van der Waals surface area (Å²) in [7, 11) is 0. The number of thiophene rings is 1. The minimum Gasteiger partial charge on any atom is -0.338 e. The number of benzene rings is 1. The van der Waals surface area contributed by atoms with Crippen molar-refractivity contribution in [1.82, 2.24) is 14.5 Å². The number of nitrogens with zero attached hydrogens (tertiary/aromatic N) is 3. The minimum absolute atomic E-state index is 0.0237. The fraction of sp³-hybridized carbons (Fsp3) is 0.333. The summed E-state index contributed by atoms with van der Waals surface area (Å²) in [5, 5.41) is 2.11. The first-order chi connectivity index (χ1) is 12.7. The molecule has 1 spiro atoms. The molecule has 0 radical (unpaired) electrons. The van der Waals surface area contributed by atoms with Gasteiger partial charge in [0, 0.05) is 30.6 Å². The number of hydrogen-bond donors (Lipinski definition) is 0. The van der Waals surface area contributed by atoms with Gasteiger partial charge in [0.2, 0.25) is 0 Å². The smallest absolute Gasteiger partial charge is 0.253 e. The van der Waals surface area contributed by atoms with Gasteiger partial charge >= 0.3 is 0 Å². The molecule has 4 heterocycles. The molecule has 2 aliphatic heterocycles. The number of imidazole rings is 1. The third-order valence-electron chi connectivity index (χ3n) is 5.86. The number of amides is 1. The van der Waals surface area contributed by atoms with E-state index in [0.29, 0.717) is 0 Å². The van der Waals surface area contributed by atoms with E-state index in [1.807, 2.05) is 42.3 Å². The van der Waals surface area contributed by atoms with Gasteiger partial charge in [-0.25, -0.2) is 4.98 Å². The molecule has 1 saturated heterocycles. The lowest BCUT2D eigenvalue weighted by atomic mass is 9.85. The normalized spacial score (nSPS) is 21.5. The molecule has 4 nitrogen and oxygen atoms in total. The van der Waals surface area contributed by atoms with E-state index in [-0.39, 0.29) is 11.3 Å². The number of carbonyl (C=O) groups is 1. The summed E-state index contributed by atoms with van der Waals surface area (Å²) in [6, 6.07) is 12.1. The molecule has 26 heavy (non-hydrogen) atoms. The Kier molecular flexibility index (Phi) is 3.54.